The molecule has 2 aromatic rings. The molecule has 128 valence electrons. The van der Waals surface area contributed by atoms with Crippen LogP contribution in [0.5, 0.6) is 11.5 Å². The largest absolute Gasteiger partial charge is 0.457 e. The number of anilines is 1. The molecular formula is C22H29NO. The van der Waals surface area contributed by atoms with E-state index in [4.69, 9.17) is 4.74 Å². The van der Waals surface area contributed by atoms with Crippen molar-refractivity contribution in [2.75, 3.05) is 18.0 Å². The van der Waals surface area contributed by atoms with E-state index in [0.717, 1.165) is 31.0 Å². The van der Waals surface area contributed by atoms with Gasteiger partial charge in [0.2, 0.25) is 0 Å². The Bertz CT molecular complexity index is 684. The highest BCUT2D eigenvalue weighted by atomic mass is 16.5. The van der Waals surface area contributed by atoms with E-state index in [1.165, 1.54) is 48.1 Å². The number of rotatable bonds is 7. The summed E-state index contributed by atoms with van der Waals surface area (Å²) in [5, 5.41) is 0. The van der Waals surface area contributed by atoms with Gasteiger partial charge in [-0.2, -0.15) is 0 Å². The molecule has 0 amide bonds. The number of ether oxygens (including phenoxy) is 1. The highest BCUT2D eigenvalue weighted by molar-refractivity contribution is 5.58. The van der Waals surface area contributed by atoms with Crippen molar-refractivity contribution in [2.45, 2.75) is 52.9 Å². The van der Waals surface area contributed by atoms with E-state index in [1.54, 1.807) is 0 Å². The number of nitrogens with zero attached hydrogens (tertiary/aromatic N) is 1. The van der Waals surface area contributed by atoms with Crippen molar-refractivity contribution in [2.24, 2.45) is 0 Å². The molecule has 0 unspecified atom stereocenters. The number of benzene rings is 2. The molecule has 0 N–H and O–H groups in total. The summed E-state index contributed by atoms with van der Waals surface area (Å²) in [5.74, 6) is 2.05. The van der Waals surface area contributed by atoms with E-state index >= 15 is 0 Å². The van der Waals surface area contributed by atoms with Crippen molar-refractivity contribution in [3.8, 4) is 11.5 Å². The molecule has 0 saturated heterocycles. The molecule has 2 nitrogen and oxygen atoms in total. The van der Waals surface area contributed by atoms with Gasteiger partial charge in [0.1, 0.15) is 11.5 Å². The van der Waals surface area contributed by atoms with Gasteiger partial charge in [0.25, 0.3) is 0 Å². The third kappa shape index (κ3) is 3.75. The molecule has 2 heteroatoms. The van der Waals surface area contributed by atoms with Gasteiger partial charge >= 0.3 is 0 Å². The Morgan fingerprint density at radius 3 is 2.17 bits per heavy atom. The van der Waals surface area contributed by atoms with Crippen molar-refractivity contribution >= 4 is 5.69 Å². The summed E-state index contributed by atoms with van der Waals surface area (Å²) in [6, 6.07) is 13.3. The lowest BCUT2D eigenvalue weighted by molar-refractivity contribution is 0.459. The zero-order chi connectivity index (χ0) is 16.9. The molecule has 0 aliphatic carbocycles. The van der Waals surface area contributed by atoms with Crippen LogP contribution >= 0.6 is 0 Å². The average Bonchev–Trinajstić information content (AvgIpc) is 2.59. The van der Waals surface area contributed by atoms with Crippen molar-refractivity contribution in [1.82, 2.24) is 0 Å². The van der Waals surface area contributed by atoms with Crippen LogP contribution in [-0.4, -0.2) is 13.1 Å². The molecule has 0 atom stereocenters. The Hall–Kier alpha value is -1.96. The highest BCUT2D eigenvalue weighted by Gasteiger charge is 2.18. The third-order valence-corrected chi connectivity index (χ3v) is 4.80. The molecule has 0 radical (unpaired) electrons. The first-order valence-electron chi connectivity index (χ1n) is 9.36. The predicted molar refractivity (Wildman–Crippen MR) is 103 cm³/mol. The highest BCUT2D eigenvalue weighted by Crippen LogP contribution is 2.39. The first-order valence-corrected chi connectivity index (χ1v) is 9.36. The van der Waals surface area contributed by atoms with Crippen molar-refractivity contribution in [1.29, 1.82) is 0 Å². The standard InChI is InChI=1S/C22H29NO/c1-4-6-12-23(13-7-5-2)20-11-10-19-15-18-9-8-17(3)14-21(18)24-22(19)16-20/h8-11,14,16H,4-7,12-13,15H2,1-3H3. The predicted octanol–water partition coefficient (Wildman–Crippen LogP) is 6.10. The number of hydrogen-bond donors (Lipinski definition) is 0. The fourth-order valence-corrected chi connectivity index (χ4v) is 3.28. The van der Waals surface area contributed by atoms with Gasteiger partial charge in [-0.15, -0.1) is 0 Å². The molecule has 0 spiro atoms. The summed E-state index contributed by atoms with van der Waals surface area (Å²) < 4.78 is 6.23. The third-order valence-electron chi connectivity index (χ3n) is 4.80. The second kappa shape index (κ2) is 7.74. The average molecular weight is 323 g/mol. The quantitative estimate of drug-likeness (QED) is 0.521. The van der Waals surface area contributed by atoms with Gasteiger partial charge < -0.3 is 9.64 Å². The molecule has 0 bridgehead atoms. The molecule has 1 aliphatic rings. The first kappa shape index (κ1) is 16.9. The monoisotopic (exact) mass is 323 g/mol. The Morgan fingerprint density at radius 2 is 1.50 bits per heavy atom. The molecule has 0 saturated carbocycles. The molecule has 1 aliphatic heterocycles. The van der Waals surface area contributed by atoms with Crippen molar-refractivity contribution in [3.05, 3.63) is 53.1 Å². The molecule has 0 aromatic heterocycles. The second-order valence-corrected chi connectivity index (χ2v) is 6.88. The minimum Gasteiger partial charge on any atom is -0.457 e. The van der Waals surface area contributed by atoms with Crippen molar-refractivity contribution < 1.29 is 4.74 Å². The Kier molecular flexibility index (Phi) is 5.44. The second-order valence-electron chi connectivity index (χ2n) is 6.88. The lowest BCUT2D eigenvalue weighted by atomic mass is 9.98. The smallest absolute Gasteiger partial charge is 0.133 e. The molecule has 2 aromatic carbocycles. The lowest BCUT2D eigenvalue weighted by Gasteiger charge is -2.27. The van der Waals surface area contributed by atoms with E-state index in [-0.39, 0.29) is 0 Å². The summed E-state index contributed by atoms with van der Waals surface area (Å²) in [7, 11) is 0. The normalized spacial score (nSPS) is 12.3. The molecule has 1 heterocycles. The number of hydrogen-bond acceptors (Lipinski definition) is 2. The summed E-state index contributed by atoms with van der Waals surface area (Å²) in [6.45, 7) is 8.89. The Morgan fingerprint density at radius 1 is 0.875 bits per heavy atom. The van der Waals surface area contributed by atoms with Crippen LogP contribution in [0.4, 0.5) is 5.69 Å². The van der Waals surface area contributed by atoms with Gasteiger partial charge in [-0.25, -0.2) is 0 Å². The van der Waals surface area contributed by atoms with Crippen LogP contribution in [0.15, 0.2) is 36.4 Å². The topological polar surface area (TPSA) is 12.5 Å². The van der Waals surface area contributed by atoms with Crippen LogP contribution < -0.4 is 9.64 Å². The fraction of sp³-hybridized carbons (Fsp3) is 0.455. The lowest BCUT2D eigenvalue weighted by Crippen LogP contribution is -2.25. The maximum absolute atomic E-state index is 6.23. The summed E-state index contributed by atoms with van der Waals surface area (Å²) in [5.41, 5.74) is 5.13. The summed E-state index contributed by atoms with van der Waals surface area (Å²) in [4.78, 5) is 2.52. The van der Waals surface area contributed by atoms with Gasteiger partial charge in [-0.1, -0.05) is 44.9 Å². The maximum atomic E-state index is 6.23. The Labute approximate surface area is 146 Å². The van der Waals surface area contributed by atoms with E-state index in [0.29, 0.717) is 0 Å². The number of fused-ring (bicyclic) bond motifs is 2. The van der Waals surface area contributed by atoms with Crippen LogP contribution in [0.3, 0.4) is 0 Å². The fourth-order valence-electron chi connectivity index (χ4n) is 3.28. The van der Waals surface area contributed by atoms with Crippen molar-refractivity contribution in [3.63, 3.8) is 0 Å². The minimum atomic E-state index is 0.967. The SMILES string of the molecule is CCCCN(CCCC)c1ccc2c(c1)Oc1cc(C)ccc1C2. The van der Waals surface area contributed by atoms with Crippen LogP contribution in [0.25, 0.3) is 0 Å². The number of aryl methyl sites for hydroxylation is 1. The van der Waals surface area contributed by atoms with Crippen LogP contribution in [0, 0.1) is 6.92 Å². The van der Waals surface area contributed by atoms with Gasteiger partial charge in [-0.3, -0.25) is 0 Å². The first-order chi connectivity index (χ1) is 11.7. The Balaban J connectivity index is 1.83. The van der Waals surface area contributed by atoms with Crippen LogP contribution in [-0.2, 0) is 6.42 Å². The molecule has 0 fully saturated rings. The molecule has 24 heavy (non-hydrogen) atoms. The van der Waals surface area contributed by atoms with Gasteiger partial charge in [-0.05, 0) is 48.6 Å². The minimum absolute atomic E-state index is 0.967. The summed E-state index contributed by atoms with van der Waals surface area (Å²) in [6.07, 6.45) is 5.91. The maximum Gasteiger partial charge on any atom is 0.133 e. The van der Waals surface area contributed by atoms with Gasteiger partial charge in [0.05, 0.1) is 0 Å². The number of unbranched alkanes of at least 4 members (excludes halogenated alkanes) is 2. The zero-order valence-electron chi connectivity index (χ0n) is 15.3. The van der Waals surface area contributed by atoms with Crippen LogP contribution in [0.2, 0.25) is 0 Å². The molecular weight excluding hydrogens is 294 g/mol. The van der Waals surface area contributed by atoms with E-state index < -0.39 is 0 Å². The van der Waals surface area contributed by atoms with E-state index in [2.05, 4.69) is 62.1 Å². The van der Waals surface area contributed by atoms with Crippen LogP contribution in [0.1, 0.15) is 56.2 Å². The van der Waals surface area contributed by atoms with Gasteiger partial charge in [0, 0.05) is 31.3 Å². The van der Waals surface area contributed by atoms with Gasteiger partial charge in [0.15, 0.2) is 0 Å². The van der Waals surface area contributed by atoms with E-state index in [9.17, 15) is 0 Å². The van der Waals surface area contributed by atoms with E-state index in [1.807, 2.05) is 0 Å². The zero-order valence-corrected chi connectivity index (χ0v) is 15.3. The molecule has 3 rings (SSSR count). The summed E-state index contributed by atoms with van der Waals surface area (Å²) >= 11 is 0.